The van der Waals surface area contributed by atoms with Gasteiger partial charge >= 0.3 is 0 Å². The summed E-state index contributed by atoms with van der Waals surface area (Å²) in [4.78, 5) is 0. The molecule has 0 heterocycles. The highest BCUT2D eigenvalue weighted by Crippen LogP contribution is 2.06. The van der Waals surface area contributed by atoms with E-state index < -0.39 is 6.70 Å². The summed E-state index contributed by atoms with van der Waals surface area (Å²) in [7, 11) is 0. The fraction of sp³-hybridized carbons (Fsp3) is 0.250. The summed E-state index contributed by atoms with van der Waals surface area (Å²) >= 11 is 4.53. The van der Waals surface area contributed by atoms with Gasteiger partial charge in [0.25, 0.3) is 6.70 Å². The van der Waals surface area contributed by atoms with Crippen molar-refractivity contribution in [3.05, 3.63) is 35.4 Å². The molecule has 0 aliphatic heterocycles. The summed E-state index contributed by atoms with van der Waals surface area (Å²) in [5.74, 6) is 0. The fourth-order valence-corrected chi connectivity index (χ4v) is 0.663. The van der Waals surface area contributed by atoms with Gasteiger partial charge in [-0.15, -0.1) is 0 Å². The summed E-state index contributed by atoms with van der Waals surface area (Å²) in [6, 6.07) is 8.36. The van der Waals surface area contributed by atoms with E-state index in [0.29, 0.717) is 0 Å². The summed E-state index contributed by atoms with van der Waals surface area (Å²) < 4.78 is 18.9. The first-order valence-electron chi connectivity index (χ1n) is 3.47. The Balaban J connectivity index is 0.000000252. The second-order valence-electron chi connectivity index (χ2n) is 2.46. The van der Waals surface area contributed by atoms with E-state index in [-0.39, 0.29) is 0 Å². The zero-order chi connectivity index (χ0) is 10.5. The summed E-state index contributed by atoms with van der Waals surface area (Å²) in [5, 5.41) is 0. The van der Waals surface area contributed by atoms with Crippen LogP contribution in [-0.4, -0.2) is 8.42 Å². The lowest BCUT2D eigenvalue weighted by Crippen LogP contribution is -1.74. The molecule has 0 spiro atoms. The molecule has 0 unspecified atom stereocenters. The molecule has 74 valence electrons. The molecule has 0 atom stereocenters. The Labute approximate surface area is 93.7 Å². The Bertz CT molecular complexity index is 331. The van der Waals surface area contributed by atoms with Crippen molar-refractivity contribution in [2.24, 2.45) is 0 Å². The van der Waals surface area contributed by atoms with Crippen LogP contribution in [0.5, 0.6) is 0 Å². The predicted molar refractivity (Wildman–Crippen MR) is 62.7 cm³/mol. The highest BCUT2D eigenvalue weighted by atomic mass is 79.9. The lowest BCUT2D eigenvalue weighted by atomic mass is 10.1. The molecule has 1 rings (SSSR count). The number of hydrogen-bond acceptors (Lipinski definition) is 2. The van der Waals surface area contributed by atoms with Crippen molar-refractivity contribution < 1.29 is 8.42 Å². The van der Waals surface area contributed by atoms with Crippen LogP contribution in [0, 0.1) is 13.8 Å². The molecule has 0 N–H and O–H groups in total. The zero-order valence-electron chi connectivity index (χ0n) is 7.29. The Morgan fingerprint density at radius 1 is 1.00 bits per heavy atom. The minimum atomic E-state index is -3.04. The highest BCUT2D eigenvalue weighted by molar-refractivity contribution is 9.79. The number of hydrogen-bond donors (Lipinski definition) is 0. The van der Waals surface area contributed by atoms with Crippen LogP contribution in [0.2, 0.25) is 0 Å². The first kappa shape index (κ1) is 13.1. The average Bonchev–Trinajstić information content (AvgIpc) is 1.92. The van der Waals surface area contributed by atoms with E-state index in [2.05, 4.69) is 67.7 Å². The van der Waals surface area contributed by atoms with Crippen LogP contribution in [0.1, 0.15) is 11.1 Å². The number of aryl methyl sites for hydroxylation is 2. The van der Waals surface area contributed by atoms with Crippen LogP contribution in [0.15, 0.2) is 24.3 Å². The van der Waals surface area contributed by atoms with Crippen molar-refractivity contribution in [3.8, 4) is 0 Å². The molecule has 13 heavy (non-hydrogen) atoms. The molecule has 0 saturated heterocycles. The normalized spacial score (nSPS) is 10.2. The maximum absolute atomic E-state index is 9.47. The molecule has 0 saturated carbocycles. The molecule has 0 radical (unpaired) electrons. The molecule has 0 amide bonds. The molecular weight excluding hydrogens is 320 g/mol. The van der Waals surface area contributed by atoms with E-state index in [4.69, 9.17) is 0 Å². The second kappa shape index (κ2) is 5.78. The largest absolute Gasteiger partial charge is 0.268 e. The van der Waals surface area contributed by atoms with Gasteiger partial charge in [-0.2, -0.15) is 0 Å². The van der Waals surface area contributed by atoms with Gasteiger partial charge in [-0.25, -0.2) is 8.42 Å². The number of halogens is 2. The average molecular weight is 330 g/mol. The van der Waals surface area contributed by atoms with E-state index >= 15 is 0 Å². The Hall–Kier alpha value is 0.130. The third-order valence-corrected chi connectivity index (χ3v) is 1.43. The van der Waals surface area contributed by atoms with Gasteiger partial charge < -0.3 is 0 Å². The van der Waals surface area contributed by atoms with Gasteiger partial charge in [-0.1, -0.05) is 24.3 Å². The Morgan fingerprint density at radius 3 is 1.38 bits per heavy atom. The van der Waals surface area contributed by atoms with Gasteiger partial charge in [0.2, 0.25) is 0 Å². The molecule has 1 aromatic rings. The predicted octanol–water partition coefficient (Wildman–Crippen LogP) is 3.32. The molecule has 0 aromatic heterocycles. The molecule has 0 bridgehead atoms. The van der Waals surface area contributed by atoms with Gasteiger partial charge in [0.15, 0.2) is 0 Å². The minimum absolute atomic E-state index is 1.37. The van der Waals surface area contributed by atoms with Crippen LogP contribution >= 0.6 is 29.6 Å². The zero-order valence-corrected chi connectivity index (χ0v) is 11.3. The molecule has 0 fully saturated rings. The molecule has 1 aromatic carbocycles. The van der Waals surface area contributed by atoms with Gasteiger partial charge in [-0.05, 0) is 25.0 Å². The molecule has 0 aliphatic carbocycles. The van der Waals surface area contributed by atoms with E-state index in [1.807, 2.05) is 0 Å². The number of benzene rings is 1. The summed E-state index contributed by atoms with van der Waals surface area (Å²) in [6.45, 7) is 1.20. The van der Waals surface area contributed by atoms with Crippen LogP contribution in [0.3, 0.4) is 0 Å². The Kier molecular flexibility index (Phi) is 5.83. The minimum Gasteiger partial charge on any atom is -0.205 e. The van der Waals surface area contributed by atoms with Crippen LogP contribution in [0.25, 0.3) is 0 Å². The molecular formula is C8H10Br2O2S. The quantitative estimate of drug-likeness (QED) is 0.684. The molecule has 2 nitrogen and oxygen atoms in total. The van der Waals surface area contributed by atoms with E-state index in [1.54, 1.807) is 0 Å². The smallest absolute Gasteiger partial charge is 0.205 e. The van der Waals surface area contributed by atoms with Crippen LogP contribution in [0.4, 0.5) is 0 Å². The second-order valence-corrected chi connectivity index (χ2v) is 10.9. The first-order valence-corrected chi connectivity index (χ1v) is 8.64. The molecule has 5 heteroatoms. The van der Waals surface area contributed by atoms with E-state index in [1.165, 1.54) is 11.1 Å². The lowest BCUT2D eigenvalue weighted by Gasteiger charge is -1.93. The van der Waals surface area contributed by atoms with Crippen LogP contribution in [-0.2, 0) is 6.70 Å². The van der Waals surface area contributed by atoms with Crippen molar-refractivity contribution in [1.29, 1.82) is 0 Å². The van der Waals surface area contributed by atoms with Gasteiger partial charge in [0, 0.05) is 0 Å². The first-order chi connectivity index (χ1) is 5.80. The van der Waals surface area contributed by atoms with Crippen molar-refractivity contribution in [2.75, 3.05) is 0 Å². The van der Waals surface area contributed by atoms with Crippen molar-refractivity contribution in [1.82, 2.24) is 0 Å². The third kappa shape index (κ3) is 10.0. The monoisotopic (exact) mass is 328 g/mol. The highest BCUT2D eigenvalue weighted by Gasteiger charge is 1.87. The van der Waals surface area contributed by atoms with E-state index in [9.17, 15) is 8.42 Å². The maximum atomic E-state index is 9.47. The third-order valence-electron chi connectivity index (χ3n) is 1.43. The van der Waals surface area contributed by atoms with Gasteiger partial charge in [0.1, 0.15) is 0 Å². The van der Waals surface area contributed by atoms with Gasteiger partial charge in [0.05, 0.1) is 29.6 Å². The lowest BCUT2D eigenvalue weighted by molar-refractivity contribution is 0.625. The fourth-order valence-electron chi connectivity index (χ4n) is 0.663. The summed E-state index contributed by atoms with van der Waals surface area (Å²) in [6.07, 6.45) is 0. The topological polar surface area (TPSA) is 34.1 Å². The number of rotatable bonds is 0. The maximum Gasteiger partial charge on any atom is 0.268 e. The molecule has 0 aliphatic rings. The SMILES string of the molecule is Cc1ccccc1C.O=S(=O)(Br)Br. The van der Waals surface area contributed by atoms with Crippen LogP contribution < -0.4 is 0 Å². The summed E-state index contributed by atoms with van der Waals surface area (Å²) in [5.41, 5.74) is 2.74. The van der Waals surface area contributed by atoms with Crippen molar-refractivity contribution in [3.63, 3.8) is 0 Å². The van der Waals surface area contributed by atoms with Crippen molar-refractivity contribution >= 4 is 36.3 Å². The Morgan fingerprint density at radius 2 is 1.23 bits per heavy atom. The van der Waals surface area contributed by atoms with Crippen molar-refractivity contribution in [2.45, 2.75) is 13.8 Å². The standard InChI is InChI=1S/C8H10.Br2O2S/c1-7-5-3-4-6-8(7)2;1-5(2,3)4/h3-6H,1-2H3;. The van der Waals surface area contributed by atoms with E-state index in [0.717, 1.165) is 0 Å². The van der Waals surface area contributed by atoms with Gasteiger partial charge in [-0.3, -0.25) is 0 Å².